The van der Waals surface area contributed by atoms with E-state index in [1.807, 2.05) is 73.5 Å². The van der Waals surface area contributed by atoms with Crippen LogP contribution in [0.5, 0.6) is 0 Å². The summed E-state index contributed by atoms with van der Waals surface area (Å²) in [5.74, 6) is -0.0856. The molecule has 2 aromatic carbocycles. The zero-order valence-electron chi connectivity index (χ0n) is 16.7. The van der Waals surface area contributed by atoms with E-state index in [1.54, 1.807) is 6.92 Å². The van der Waals surface area contributed by atoms with Gasteiger partial charge in [0.1, 0.15) is 0 Å². The van der Waals surface area contributed by atoms with Gasteiger partial charge in [0.2, 0.25) is 4.33 Å². The number of nitrogens with zero attached hydrogens (tertiary/aromatic N) is 3. The maximum Gasteiger partial charge on any atom is 0.245 e. The molecule has 0 bridgehead atoms. The SMILES string of the molecule is CC(=O)C1=NN(c2ccc(C)cc2)C2(S1)SC(C(C)=O)=C(C)N2c1ccccc1. The van der Waals surface area contributed by atoms with Gasteiger partial charge in [0.15, 0.2) is 16.6 Å². The third-order valence-corrected chi connectivity index (χ3v) is 7.88. The van der Waals surface area contributed by atoms with E-state index in [9.17, 15) is 9.59 Å². The van der Waals surface area contributed by atoms with E-state index in [2.05, 4.69) is 10.0 Å². The first-order valence-corrected chi connectivity index (χ1v) is 10.9. The summed E-state index contributed by atoms with van der Waals surface area (Å²) in [6.07, 6.45) is 0. The number of para-hydroxylation sites is 1. The molecule has 2 heterocycles. The Morgan fingerprint density at radius 2 is 1.52 bits per heavy atom. The quantitative estimate of drug-likeness (QED) is 0.679. The van der Waals surface area contributed by atoms with Crippen molar-refractivity contribution < 1.29 is 9.59 Å². The van der Waals surface area contributed by atoms with E-state index in [0.29, 0.717) is 9.95 Å². The van der Waals surface area contributed by atoms with Crippen molar-refractivity contribution in [3.05, 3.63) is 70.8 Å². The van der Waals surface area contributed by atoms with Gasteiger partial charge in [-0.25, -0.2) is 5.01 Å². The van der Waals surface area contributed by atoms with Gasteiger partial charge < -0.3 is 4.90 Å². The largest absolute Gasteiger partial charge is 0.301 e. The van der Waals surface area contributed by atoms with Gasteiger partial charge in [-0.2, -0.15) is 5.10 Å². The molecule has 2 aliphatic rings. The molecule has 29 heavy (non-hydrogen) atoms. The van der Waals surface area contributed by atoms with Gasteiger partial charge in [-0.15, -0.1) is 0 Å². The minimum atomic E-state index is -0.817. The second kappa shape index (κ2) is 7.39. The Morgan fingerprint density at radius 1 is 0.862 bits per heavy atom. The lowest BCUT2D eigenvalue weighted by molar-refractivity contribution is -0.113. The third kappa shape index (κ3) is 3.28. The second-order valence-corrected chi connectivity index (χ2v) is 9.60. The lowest BCUT2D eigenvalue weighted by atomic mass is 10.2. The molecule has 5 nitrogen and oxygen atoms in total. The number of carbonyl (C=O) groups is 2. The summed E-state index contributed by atoms with van der Waals surface area (Å²) in [7, 11) is 0. The number of aryl methyl sites for hydroxylation is 1. The van der Waals surface area contributed by atoms with Crippen molar-refractivity contribution in [3.63, 3.8) is 0 Å². The van der Waals surface area contributed by atoms with Gasteiger partial charge in [-0.05, 0) is 56.8 Å². The number of rotatable bonds is 4. The van der Waals surface area contributed by atoms with Crippen LogP contribution < -0.4 is 9.91 Å². The van der Waals surface area contributed by atoms with Gasteiger partial charge in [-0.1, -0.05) is 47.7 Å². The number of carbonyl (C=O) groups excluding carboxylic acids is 2. The Bertz CT molecular complexity index is 1050. The van der Waals surface area contributed by atoms with Crippen LogP contribution in [0, 0.1) is 6.92 Å². The van der Waals surface area contributed by atoms with E-state index in [-0.39, 0.29) is 11.6 Å². The highest BCUT2D eigenvalue weighted by Gasteiger charge is 2.57. The lowest BCUT2D eigenvalue weighted by Gasteiger charge is -2.41. The van der Waals surface area contributed by atoms with Crippen LogP contribution in [-0.2, 0) is 9.59 Å². The summed E-state index contributed by atoms with van der Waals surface area (Å²) in [5.41, 5.74) is 3.81. The minimum absolute atomic E-state index is 0.00559. The van der Waals surface area contributed by atoms with Crippen molar-refractivity contribution in [3.8, 4) is 0 Å². The fourth-order valence-corrected chi connectivity index (χ4v) is 6.38. The molecule has 0 fully saturated rings. The van der Waals surface area contributed by atoms with Crippen molar-refractivity contribution in [1.29, 1.82) is 0 Å². The lowest BCUT2D eigenvalue weighted by Crippen LogP contribution is -2.49. The highest BCUT2D eigenvalue weighted by Crippen LogP contribution is 2.60. The molecule has 0 amide bonds. The highest BCUT2D eigenvalue weighted by molar-refractivity contribution is 8.29. The monoisotopic (exact) mass is 423 g/mol. The first kappa shape index (κ1) is 19.8. The van der Waals surface area contributed by atoms with Crippen LogP contribution in [0.3, 0.4) is 0 Å². The summed E-state index contributed by atoms with van der Waals surface area (Å²) < 4.78 is -0.817. The maximum absolute atomic E-state index is 12.4. The van der Waals surface area contributed by atoms with E-state index in [1.165, 1.54) is 30.4 Å². The smallest absolute Gasteiger partial charge is 0.245 e. The highest BCUT2D eigenvalue weighted by atomic mass is 32.2. The Hall–Kier alpha value is -2.51. The molecule has 2 aliphatic heterocycles. The number of hydrazone groups is 1. The van der Waals surface area contributed by atoms with Crippen molar-refractivity contribution in [2.75, 3.05) is 9.91 Å². The van der Waals surface area contributed by atoms with Gasteiger partial charge in [0.05, 0.1) is 10.6 Å². The number of benzene rings is 2. The van der Waals surface area contributed by atoms with Crippen LogP contribution in [0.4, 0.5) is 11.4 Å². The first-order chi connectivity index (χ1) is 13.8. The molecule has 0 radical (unpaired) electrons. The molecule has 0 saturated heterocycles. The molecular weight excluding hydrogens is 402 g/mol. The Balaban J connectivity index is 1.91. The van der Waals surface area contributed by atoms with E-state index >= 15 is 0 Å². The topological polar surface area (TPSA) is 53.0 Å². The van der Waals surface area contributed by atoms with Crippen molar-refractivity contribution in [2.24, 2.45) is 5.10 Å². The molecule has 1 unspecified atom stereocenters. The summed E-state index contributed by atoms with van der Waals surface area (Å²) >= 11 is 2.83. The fraction of sp³-hybridized carbons (Fsp3) is 0.227. The van der Waals surface area contributed by atoms with Crippen LogP contribution in [0.25, 0.3) is 0 Å². The predicted molar refractivity (Wildman–Crippen MR) is 122 cm³/mol. The first-order valence-electron chi connectivity index (χ1n) is 9.25. The molecule has 2 aromatic rings. The van der Waals surface area contributed by atoms with Crippen LogP contribution in [0.15, 0.2) is 70.3 Å². The number of anilines is 2. The summed E-state index contributed by atoms with van der Waals surface area (Å²) in [6, 6.07) is 17.9. The Morgan fingerprint density at radius 3 is 2.10 bits per heavy atom. The summed E-state index contributed by atoms with van der Waals surface area (Å²) in [6.45, 7) is 7.08. The van der Waals surface area contributed by atoms with Crippen molar-refractivity contribution >= 4 is 51.5 Å². The van der Waals surface area contributed by atoms with Crippen LogP contribution >= 0.6 is 23.5 Å². The third-order valence-electron chi connectivity index (χ3n) is 4.78. The maximum atomic E-state index is 12.4. The van der Waals surface area contributed by atoms with Crippen LogP contribution in [0.1, 0.15) is 26.3 Å². The molecule has 148 valence electrons. The normalized spacial score (nSPS) is 21.2. The fourth-order valence-electron chi connectivity index (χ4n) is 3.42. The predicted octanol–water partition coefficient (Wildman–Crippen LogP) is 5.14. The van der Waals surface area contributed by atoms with Crippen molar-refractivity contribution in [2.45, 2.75) is 32.0 Å². The molecule has 0 saturated carbocycles. The average Bonchev–Trinajstić information content (AvgIpc) is 3.22. The molecule has 4 rings (SSSR count). The summed E-state index contributed by atoms with van der Waals surface area (Å²) in [5, 5.41) is 6.98. The molecular formula is C22H21N3O2S2. The number of allylic oxidation sites excluding steroid dienone is 2. The van der Waals surface area contributed by atoms with Crippen LogP contribution in [-0.4, -0.2) is 20.9 Å². The van der Waals surface area contributed by atoms with Crippen LogP contribution in [0.2, 0.25) is 0 Å². The molecule has 1 atom stereocenters. The van der Waals surface area contributed by atoms with Gasteiger partial charge >= 0.3 is 0 Å². The minimum Gasteiger partial charge on any atom is -0.301 e. The van der Waals surface area contributed by atoms with E-state index < -0.39 is 4.33 Å². The van der Waals surface area contributed by atoms with Gasteiger partial charge in [0.25, 0.3) is 0 Å². The zero-order chi connectivity index (χ0) is 20.8. The zero-order valence-corrected chi connectivity index (χ0v) is 18.3. The molecule has 0 aliphatic carbocycles. The number of thioether (sulfide) groups is 2. The molecule has 0 aromatic heterocycles. The average molecular weight is 424 g/mol. The van der Waals surface area contributed by atoms with Gasteiger partial charge in [0, 0.05) is 18.3 Å². The second-order valence-electron chi connectivity index (χ2n) is 7.00. The number of Topliss-reactive ketones (excluding diaryl/α,β-unsaturated/α-hetero) is 2. The Labute approximate surface area is 178 Å². The number of hydrogen-bond donors (Lipinski definition) is 0. The van der Waals surface area contributed by atoms with Crippen molar-refractivity contribution in [1.82, 2.24) is 0 Å². The van der Waals surface area contributed by atoms with Gasteiger partial charge in [-0.3, -0.25) is 9.59 Å². The van der Waals surface area contributed by atoms with E-state index in [0.717, 1.165) is 22.6 Å². The molecule has 0 N–H and O–H groups in total. The standard InChI is InChI=1S/C22H21N3O2S2/c1-14-10-12-19(13-11-14)25-22(29-21(23-25)17(4)27)24(18-8-6-5-7-9-18)15(2)20(28-22)16(3)26/h5-13H,1-4H3. The molecule has 7 heteroatoms. The Kier molecular flexibility index (Phi) is 5.04. The number of hydrogen-bond acceptors (Lipinski definition) is 7. The summed E-state index contributed by atoms with van der Waals surface area (Å²) in [4.78, 5) is 27.5. The molecule has 1 spiro atoms. The number of ketones is 2. The van der Waals surface area contributed by atoms with E-state index in [4.69, 9.17) is 0 Å².